The molecule has 7 nitrogen and oxygen atoms in total. The normalized spacial score (nSPS) is 28.7. The number of carbonyl (C=O) groups is 2. The standard InChI is InChI=1S/C22H31N3O4S/c1-16(26)25-12-9-17-7-3-4-8-18(17)20(25)13-22(27)23-19-14-30(28,29)15-21(19)24-10-5-2-6-11-24/h3-4,7-8,19-21H,2,5-6,9-15H2,1H3,(H,23,27). The number of hydrogen-bond donors (Lipinski definition) is 1. The van der Waals surface area contributed by atoms with Crippen molar-refractivity contribution >= 4 is 21.7 Å². The van der Waals surface area contributed by atoms with Crippen LogP contribution in [0.3, 0.4) is 0 Å². The van der Waals surface area contributed by atoms with E-state index in [9.17, 15) is 18.0 Å². The van der Waals surface area contributed by atoms with Gasteiger partial charge in [-0.2, -0.15) is 0 Å². The number of rotatable bonds is 4. The molecule has 164 valence electrons. The van der Waals surface area contributed by atoms with Gasteiger partial charge in [-0.1, -0.05) is 30.7 Å². The maximum absolute atomic E-state index is 13.0. The van der Waals surface area contributed by atoms with Gasteiger partial charge < -0.3 is 10.2 Å². The predicted octanol–water partition coefficient (Wildman–Crippen LogP) is 1.29. The number of fused-ring (bicyclic) bond motifs is 1. The molecule has 1 aromatic rings. The zero-order chi connectivity index (χ0) is 21.3. The van der Waals surface area contributed by atoms with Gasteiger partial charge in [0.15, 0.2) is 9.84 Å². The van der Waals surface area contributed by atoms with E-state index in [1.54, 1.807) is 4.90 Å². The van der Waals surface area contributed by atoms with Crippen molar-refractivity contribution in [1.29, 1.82) is 0 Å². The number of amides is 2. The quantitative estimate of drug-likeness (QED) is 0.773. The van der Waals surface area contributed by atoms with E-state index in [1.165, 1.54) is 18.9 Å². The number of sulfone groups is 1. The zero-order valence-electron chi connectivity index (χ0n) is 17.5. The van der Waals surface area contributed by atoms with Gasteiger partial charge in [-0.15, -0.1) is 0 Å². The highest BCUT2D eigenvalue weighted by molar-refractivity contribution is 7.91. The number of benzene rings is 1. The molecule has 2 amide bonds. The van der Waals surface area contributed by atoms with Crippen molar-refractivity contribution in [2.24, 2.45) is 0 Å². The lowest BCUT2D eigenvalue weighted by Gasteiger charge is -2.37. The molecule has 4 rings (SSSR count). The third-order valence-corrected chi connectivity index (χ3v) is 8.44. The molecular weight excluding hydrogens is 402 g/mol. The first kappa shape index (κ1) is 21.3. The summed E-state index contributed by atoms with van der Waals surface area (Å²) in [5.74, 6) is -0.120. The van der Waals surface area contributed by atoms with Crippen LogP contribution in [0.4, 0.5) is 0 Å². The molecule has 0 saturated carbocycles. The second kappa shape index (κ2) is 8.67. The second-order valence-electron chi connectivity index (χ2n) is 8.80. The average molecular weight is 434 g/mol. The fraction of sp³-hybridized carbons (Fsp3) is 0.636. The summed E-state index contributed by atoms with van der Waals surface area (Å²) in [7, 11) is -3.17. The highest BCUT2D eigenvalue weighted by Crippen LogP contribution is 2.32. The van der Waals surface area contributed by atoms with Crippen molar-refractivity contribution in [3.05, 3.63) is 35.4 Å². The number of nitrogens with zero attached hydrogens (tertiary/aromatic N) is 2. The average Bonchev–Trinajstić information content (AvgIpc) is 3.02. The van der Waals surface area contributed by atoms with E-state index in [-0.39, 0.29) is 47.9 Å². The van der Waals surface area contributed by atoms with E-state index in [0.717, 1.165) is 37.9 Å². The summed E-state index contributed by atoms with van der Waals surface area (Å²) in [6.07, 6.45) is 4.26. The van der Waals surface area contributed by atoms with Crippen molar-refractivity contribution in [1.82, 2.24) is 15.1 Å². The number of hydrogen-bond acceptors (Lipinski definition) is 5. The van der Waals surface area contributed by atoms with Gasteiger partial charge in [-0.05, 0) is 43.5 Å². The fourth-order valence-electron chi connectivity index (χ4n) is 5.27. The summed E-state index contributed by atoms with van der Waals surface area (Å²) in [5.41, 5.74) is 2.18. The van der Waals surface area contributed by atoms with E-state index < -0.39 is 9.84 Å². The molecule has 2 fully saturated rings. The van der Waals surface area contributed by atoms with Gasteiger partial charge in [-0.25, -0.2) is 8.42 Å². The molecule has 0 radical (unpaired) electrons. The summed E-state index contributed by atoms with van der Waals surface area (Å²) in [6.45, 7) is 3.91. The Balaban J connectivity index is 1.49. The van der Waals surface area contributed by atoms with Gasteiger partial charge in [0.2, 0.25) is 11.8 Å². The smallest absolute Gasteiger partial charge is 0.222 e. The van der Waals surface area contributed by atoms with Crippen LogP contribution in [0.25, 0.3) is 0 Å². The molecule has 30 heavy (non-hydrogen) atoms. The highest BCUT2D eigenvalue weighted by atomic mass is 32.2. The molecule has 3 aliphatic heterocycles. The first-order valence-corrected chi connectivity index (χ1v) is 12.7. The molecule has 0 spiro atoms. The SMILES string of the molecule is CC(=O)N1CCc2ccccc2C1CC(=O)NC1CS(=O)(=O)CC1N1CCCCC1. The lowest BCUT2D eigenvalue weighted by atomic mass is 9.90. The van der Waals surface area contributed by atoms with Gasteiger partial charge in [0.05, 0.1) is 30.0 Å². The lowest BCUT2D eigenvalue weighted by molar-refractivity contribution is -0.133. The first-order valence-electron chi connectivity index (χ1n) is 10.9. The van der Waals surface area contributed by atoms with Crippen LogP contribution in [-0.2, 0) is 25.8 Å². The molecule has 8 heteroatoms. The van der Waals surface area contributed by atoms with Crippen molar-refractivity contribution in [3.63, 3.8) is 0 Å². The Labute approximate surface area is 178 Å². The predicted molar refractivity (Wildman–Crippen MR) is 115 cm³/mol. The Hall–Kier alpha value is -1.93. The van der Waals surface area contributed by atoms with Crippen LogP contribution in [0, 0.1) is 0 Å². The van der Waals surface area contributed by atoms with Crippen LogP contribution in [0.5, 0.6) is 0 Å². The summed E-state index contributed by atoms with van der Waals surface area (Å²) in [6, 6.07) is 7.10. The van der Waals surface area contributed by atoms with Crippen LogP contribution in [0.2, 0.25) is 0 Å². The monoisotopic (exact) mass is 433 g/mol. The van der Waals surface area contributed by atoms with Gasteiger partial charge in [0.25, 0.3) is 0 Å². The molecule has 2 saturated heterocycles. The Morgan fingerprint density at radius 1 is 1.07 bits per heavy atom. The van der Waals surface area contributed by atoms with E-state index >= 15 is 0 Å². The third kappa shape index (κ3) is 4.54. The summed E-state index contributed by atoms with van der Waals surface area (Å²) in [5, 5.41) is 3.02. The second-order valence-corrected chi connectivity index (χ2v) is 10.9. The van der Waals surface area contributed by atoms with Crippen LogP contribution in [0.15, 0.2) is 24.3 Å². The van der Waals surface area contributed by atoms with E-state index in [0.29, 0.717) is 6.54 Å². The Morgan fingerprint density at radius 3 is 2.53 bits per heavy atom. The Morgan fingerprint density at radius 2 is 1.80 bits per heavy atom. The minimum atomic E-state index is -3.17. The fourth-order valence-corrected chi connectivity index (χ4v) is 7.22. The van der Waals surface area contributed by atoms with Crippen molar-refractivity contribution in [2.75, 3.05) is 31.1 Å². The molecule has 0 aromatic heterocycles. The number of nitrogens with one attached hydrogen (secondary N) is 1. The topological polar surface area (TPSA) is 86.8 Å². The number of piperidine rings is 1. The molecular formula is C22H31N3O4S. The maximum Gasteiger partial charge on any atom is 0.222 e. The molecule has 1 aromatic carbocycles. The summed E-state index contributed by atoms with van der Waals surface area (Å²) >= 11 is 0. The van der Waals surface area contributed by atoms with E-state index in [2.05, 4.69) is 10.2 Å². The van der Waals surface area contributed by atoms with Gasteiger partial charge in [0, 0.05) is 19.5 Å². The van der Waals surface area contributed by atoms with Gasteiger partial charge in [0.1, 0.15) is 0 Å². The van der Waals surface area contributed by atoms with Crippen LogP contribution >= 0.6 is 0 Å². The number of carbonyl (C=O) groups excluding carboxylic acids is 2. The molecule has 3 atom stereocenters. The number of likely N-dealkylation sites (tertiary alicyclic amines) is 1. The minimum absolute atomic E-state index is 0.00240. The van der Waals surface area contributed by atoms with Crippen molar-refractivity contribution < 1.29 is 18.0 Å². The zero-order valence-corrected chi connectivity index (χ0v) is 18.4. The van der Waals surface area contributed by atoms with E-state index in [1.807, 2.05) is 24.3 Å². The molecule has 3 aliphatic rings. The minimum Gasteiger partial charge on any atom is -0.351 e. The van der Waals surface area contributed by atoms with Crippen LogP contribution < -0.4 is 5.32 Å². The van der Waals surface area contributed by atoms with Crippen molar-refractivity contribution in [2.45, 2.75) is 57.2 Å². The van der Waals surface area contributed by atoms with E-state index in [4.69, 9.17) is 0 Å². The first-order chi connectivity index (χ1) is 14.3. The molecule has 3 unspecified atom stereocenters. The van der Waals surface area contributed by atoms with Gasteiger partial charge in [-0.3, -0.25) is 14.5 Å². The maximum atomic E-state index is 13.0. The van der Waals surface area contributed by atoms with Crippen LogP contribution in [0.1, 0.15) is 49.8 Å². The van der Waals surface area contributed by atoms with Crippen LogP contribution in [-0.4, -0.2) is 73.3 Å². The molecule has 0 aliphatic carbocycles. The summed E-state index contributed by atoms with van der Waals surface area (Å²) in [4.78, 5) is 29.2. The molecule has 0 bridgehead atoms. The Kier molecular flexibility index (Phi) is 6.16. The lowest BCUT2D eigenvalue weighted by Crippen LogP contribution is -2.53. The van der Waals surface area contributed by atoms with Crippen molar-refractivity contribution in [3.8, 4) is 0 Å². The van der Waals surface area contributed by atoms with Gasteiger partial charge >= 0.3 is 0 Å². The highest BCUT2D eigenvalue weighted by Gasteiger charge is 2.42. The molecule has 1 N–H and O–H groups in total. The largest absolute Gasteiger partial charge is 0.351 e. The summed E-state index contributed by atoms with van der Waals surface area (Å²) < 4.78 is 24.7. The molecule has 3 heterocycles. The Bertz CT molecular complexity index is 911. The third-order valence-electron chi connectivity index (χ3n) is 6.72.